The lowest BCUT2D eigenvalue weighted by molar-refractivity contribution is 0.0683. The zero-order chi connectivity index (χ0) is 14.0. The second kappa shape index (κ2) is 5.22. The lowest BCUT2D eigenvalue weighted by Gasteiger charge is -2.07. The van der Waals surface area contributed by atoms with Gasteiger partial charge in [0.15, 0.2) is 5.69 Å². The third kappa shape index (κ3) is 2.81. The number of aromatic nitrogens is 3. The van der Waals surface area contributed by atoms with Crippen molar-refractivity contribution < 1.29 is 9.90 Å². The molecule has 0 bridgehead atoms. The quantitative estimate of drug-likeness (QED) is 0.915. The van der Waals surface area contributed by atoms with Gasteiger partial charge in [-0.3, -0.25) is 0 Å². The third-order valence-electron chi connectivity index (χ3n) is 3.08. The molecule has 1 N–H and O–H groups in total. The first-order chi connectivity index (χ1) is 8.99. The van der Waals surface area contributed by atoms with Crippen LogP contribution in [0, 0.1) is 6.92 Å². The molecule has 1 aromatic carbocycles. The molecule has 0 fully saturated rings. The van der Waals surface area contributed by atoms with Crippen LogP contribution in [0.1, 0.15) is 47.1 Å². The fraction of sp³-hybridized carbons (Fsp3) is 0.357. The van der Waals surface area contributed by atoms with E-state index in [2.05, 4.69) is 36.3 Å². The Morgan fingerprint density at radius 3 is 2.47 bits per heavy atom. The molecule has 0 atom stereocenters. The van der Waals surface area contributed by atoms with Gasteiger partial charge in [-0.1, -0.05) is 43.3 Å². The van der Waals surface area contributed by atoms with Gasteiger partial charge in [-0.2, -0.15) is 0 Å². The van der Waals surface area contributed by atoms with E-state index >= 15 is 0 Å². The Morgan fingerprint density at radius 2 is 1.95 bits per heavy atom. The maximum absolute atomic E-state index is 11.1. The lowest BCUT2D eigenvalue weighted by atomic mass is 10.0. The van der Waals surface area contributed by atoms with Gasteiger partial charge in [-0.05, 0) is 24.0 Å². The number of carboxylic acid groups (broad SMARTS) is 1. The standard InChI is InChI=1S/C14H17N3O2/c1-9(2)12-6-4-11(5-7-12)8-17-13(14(18)19)10(3)15-16-17/h4-7,9H,8H2,1-3H3,(H,18,19). The van der Waals surface area contributed by atoms with Crippen molar-refractivity contribution in [1.29, 1.82) is 0 Å². The van der Waals surface area contributed by atoms with Crippen LogP contribution < -0.4 is 0 Å². The number of aryl methyl sites for hydroxylation is 1. The molecule has 2 rings (SSSR count). The maximum atomic E-state index is 11.1. The molecule has 0 aliphatic heterocycles. The second-order valence-corrected chi connectivity index (χ2v) is 4.88. The van der Waals surface area contributed by atoms with E-state index in [1.54, 1.807) is 6.92 Å². The molecule has 5 nitrogen and oxygen atoms in total. The minimum Gasteiger partial charge on any atom is -0.476 e. The monoisotopic (exact) mass is 259 g/mol. The topological polar surface area (TPSA) is 68.0 Å². The van der Waals surface area contributed by atoms with Crippen molar-refractivity contribution in [3.8, 4) is 0 Å². The number of benzene rings is 1. The first-order valence-corrected chi connectivity index (χ1v) is 6.21. The van der Waals surface area contributed by atoms with Crippen LogP contribution in [0.15, 0.2) is 24.3 Å². The Bertz CT molecular complexity index is 585. The summed E-state index contributed by atoms with van der Waals surface area (Å²) < 4.78 is 1.42. The summed E-state index contributed by atoms with van der Waals surface area (Å²) in [5.41, 5.74) is 2.85. The van der Waals surface area contributed by atoms with Crippen LogP contribution in [-0.2, 0) is 6.54 Å². The van der Waals surface area contributed by atoms with E-state index in [1.165, 1.54) is 10.2 Å². The molecule has 0 aliphatic rings. The summed E-state index contributed by atoms with van der Waals surface area (Å²) in [4.78, 5) is 11.1. The van der Waals surface area contributed by atoms with E-state index < -0.39 is 5.97 Å². The average molecular weight is 259 g/mol. The van der Waals surface area contributed by atoms with Crippen molar-refractivity contribution in [1.82, 2.24) is 15.0 Å². The summed E-state index contributed by atoms with van der Waals surface area (Å²) in [7, 11) is 0. The smallest absolute Gasteiger partial charge is 0.356 e. The highest BCUT2D eigenvalue weighted by atomic mass is 16.4. The number of nitrogens with zero attached hydrogens (tertiary/aromatic N) is 3. The van der Waals surface area contributed by atoms with Crippen LogP contribution in [-0.4, -0.2) is 26.1 Å². The molecule has 2 aromatic rings. The van der Waals surface area contributed by atoms with Crippen LogP contribution in [0.4, 0.5) is 0 Å². The molecule has 0 radical (unpaired) electrons. The van der Waals surface area contributed by atoms with Crippen molar-refractivity contribution in [3.05, 3.63) is 46.8 Å². The molecule has 19 heavy (non-hydrogen) atoms. The van der Waals surface area contributed by atoms with Crippen molar-refractivity contribution in [2.45, 2.75) is 33.2 Å². The number of carboxylic acids is 1. The molecular weight excluding hydrogens is 242 g/mol. The Labute approximate surface area is 111 Å². The summed E-state index contributed by atoms with van der Waals surface area (Å²) in [6.07, 6.45) is 0. The molecule has 0 unspecified atom stereocenters. The molecular formula is C14H17N3O2. The summed E-state index contributed by atoms with van der Waals surface area (Å²) >= 11 is 0. The maximum Gasteiger partial charge on any atom is 0.356 e. The average Bonchev–Trinajstić information content (AvgIpc) is 2.71. The number of hydrogen-bond acceptors (Lipinski definition) is 3. The predicted octanol–water partition coefficient (Wildman–Crippen LogP) is 2.46. The van der Waals surface area contributed by atoms with Gasteiger partial charge >= 0.3 is 5.97 Å². The van der Waals surface area contributed by atoms with E-state index in [0.29, 0.717) is 18.2 Å². The van der Waals surface area contributed by atoms with Gasteiger partial charge in [-0.15, -0.1) is 5.10 Å². The number of rotatable bonds is 4. The zero-order valence-electron chi connectivity index (χ0n) is 11.3. The van der Waals surface area contributed by atoms with Crippen LogP contribution in [0.2, 0.25) is 0 Å². The number of aromatic carboxylic acids is 1. The summed E-state index contributed by atoms with van der Waals surface area (Å²) in [6, 6.07) is 8.12. The summed E-state index contributed by atoms with van der Waals surface area (Å²) in [6.45, 7) is 6.34. The Hall–Kier alpha value is -2.17. The summed E-state index contributed by atoms with van der Waals surface area (Å²) in [5, 5.41) is 16.8. The van der Waals surface area contributed by atoms with E-state index in [4.69, 9.17) is 5.11 Å². The van der Waals surface area contributed by atoms with Crippen LogP contribution >= 0.6 is 0 Å². The van der Waals surface area contributed by atoms with E-state index in [0.717, 1.165) is 5.56 Å². The molecule has 1 heterocycles. The highest BCUT2D eigenvalue weighted by molar-refractivity contribution is 5.86. The van der Waals surface area contributed by atoms with Crippen molar-refractivity contribution >= 4 is 5.97 Å². The fourth-order valence-electron chi connectivity index (χ4n) is 1.96. The van der Waals surface area contributed by atoms with Gasteiger partial charge in [-0.25, -0.2) is 9.48 Å². The van der Waals surface area contributed by atoms with Gasteiger partial charge in [0.25, 0.3) is 0 Å². The van der Waals surface area contributed by atoms with Crippen molar-refractivity contribution in [2.24, 2.45) is 0 Å². The molecule has 0 amide bonds. The molecule has 0 saturated carbocycles. The van der Waals surface area contributed by atoms with Crippen LogP contribution in [0.3, 0.4) is 0 Å². The van der Waals surface area contributed by atoms with Gasteiger partial charge in [0, 0.05) is 0 Å². The highest BCUT2D eigenvalue weighted by Gasteiger charge is 2.16. The first-order valence-electron chi connectivity index (χ1n) is 6.21. The minimum atomic E-state index is -0.999. The van der Waals surface area contributed by atoms with Gasteiger partial charge in [0.1, 0.15) is 0 Å². The van der Waals surface area contributed by atoms with Crippen LogP contribution in [0.5, 0.6) is 0 Å². The first kappa shape index (κ1) is 13.3. The number of carbonyl (C=O) groups is 1. The molecule has 100 valence electrons. The van der Waals surface area contributed by atoms with Crippen molar-refractivity contribution in [3.63, 3.8) is 0 Å². The van der Waals surface area contributed by atoms with Crippen molar-refractivity contribution in [2.75, 3.05) is 0 Å². The Balaban J connectivity index is 2.24. The molecule has 1 aromatic heterocycles. The molecule has 0 saturated heterocycles. The third-order valence-corrected chi connectivity index (χ3v) is 3.08. The van der Waals surface area contributed by atoms with E-state index in [-0.39, 0.29) is 5.69 Å². The number of hydrogen-bond donors (Lipinski definition) is 1. The van der Waals surface area contributed by atoms with E-state index in [9.17, 15) is 4.79 Å². The molecule has 0 aliphatic carbocycles. The second-order valence-electron chi connectivity index (χ2n) is 4.88. The SMILES string of the molecule is Cc1nnn(Cc2ccc(C(C)C)cc2)c1C(=O)O. The largest absolute Gasteiger partial charge is 0.476 e. The summed E-state index contributed by atoms with van der Waals surface area (Å²) in [5.74, 6) is -0.515. The zero-order valence-corrected chi connectivity index (χ0v) is 11.3. The Kier molecular flexibility index (Phi) is 3.64. The molecule has 0 spiro atoms. The lowest BCUT2D eigenvalue weighted by Crippen LogP contribution is -2.12. The normalized spacial score (nSPS) is 10.9. The highest BCUT2D eigenvalue weighted by Crippen LogP contribution is 2.15. The Morgan fingerprint density at radius 1 is 1.32 bits per heavy atom. The predicted molar refractivity (Wildman–Crippen MR) is 71.4 cm³/mol. The molecule has 5 heteroatoms. The van der Waals surface area contributed by atoms with E-state index in [1.807, 2.05) is 12.1 Å². The van der Waals surface area contributed by atoms with Gasteiger partial charge < -0.3 is 5.11 Å². The minimum absolute atomic E-state index is 0.146. The van der Waals surface area contributed by atoms with Gasteiger partial charge in [0.2, 0.25) is 0 Å². The van der Waals surface area contributed by atoms with Crippen LogP contribution in [0.25, 0.3) is 0 Å². The fourth-order valence-corrected chi connectivity index (χ4v) is 1.96. The van der Waals surface area contributed by atoms with Gasteiger partial charge in [0.05, 0.1) is 12.2 Å².